The van der Waals surface area contributed by atoms with E-state index < -0.39 is 0 Å². The molecule has 0 amide bonds. The molecule has 0 atom stereocenters. The fourth-order valence-corrected chi connectivity index (χ4v) is 2.50. The van der Waals surface area contributed by atoms with Crippen LogP contribution in [0.1, 0.15) is 11.1 Å². The van der Waals surface area contributed by atoms with Crippen LogP contribution in [0.2, 0.25) is 0 Å². The molecule has 0 aliphatic rings. The first-order valence-electron chi connectivity index (χ1n) is 7.06. The molecule has 3 rings (SSSR count). The monoisotopic (exact) mass is 370 g/mol. The van der Waals surface area contributed by atoms with Gasteiger partial charge in [-0.25, -0.2) is 0 Å². The first kappa shape index (κ1) is 15.4. The summed E-state index contributed by atoms with van der Waals surface area (Å²) in [5.74, 6) is 1.10. The van der Waals surface area contributed by atoms with Crippen molar-refractivity contribution in [3.8, 4) is 0 Å². The van der Waals surface area contributed by atoms with Gasteiger partial charge in [-0.15, -0.1) is 5.10 Å². The molecule has 0 bridgehead atoms. The molecule has 0 aliphatic carbocycles. The Morgan fingerprint density at radius 3 is 2.87 bits per heavy atom. The molecule has 0 unspecified atom stereocenters. The van der Waals surface area contributed by atoms with E-state index >= 15 is 0 Å². The summed E-state index contributed by atoms with van der Waals surface area (Å²) in [6.45, 7) is 2.62. The molecule has 0 spiro atoms. The first-order valence-corrected chi connectivity index (χ1v) is 7.86. The Hall–Kier alpha value is -2.54. The van der Waals surface area contributed by atoms with Gasteiger partial charge in [-0.1, -0.05) is 22.0 Å². The highest BCUT2D eigenvalue weighted by molar-refractivity contribution is 9.10. The lowest BCUT2D eigenvalue weighted by atomic mass is 10.2. The lowest BCUT2D eigenvalue weighted by molar-refractivity contribution is 0.946. The van der Waals surface area contributed by atoms with Crippen molar-refractivity contribution in [2.24, 2.45) is 0 Å². The Kier molecular flexibility index (Phi) is 4.77. The minimum absolute atomic E-state index is 0.466. The first-order chi connectivity index (χ1) is 11.2. The molecule has 3 aromatic rings. The number of halogens is 1. The van der Waals surface area contributed by atoms with E-state index in [0.29, 0.717) is 18.3 Å². The molecule has 0 radical (unpaired) electrons. The smallest absolute Gasteiger partial charge is 0.244 e. The molecule has 0 aliphatic heterocycles. The van der Waals surface area contributed by atoms with Crippen molar-refractivity contribution in [3.63, 3.8) is 0 Å². The van der Waals surface area contributed by atoms with E-state index in [-0.39, 0.29) is 0 Å². The molecule has 2 N–H and O–H groups in total. The molecule has 0 fully saturated rings. The third-order valence-electron chi connectivity index (χ3n) is 3.18. The summed E-state index contributed by atoms with van der Waals surface area (Å²) < 4.78 is 1.04. The van der Waals surface area contributed by atoms with Crippen LogP contribution in [-0.2, 0) is 6.54 Å². The number of nitrogens with one attached hydrogen (secondary N) is 2. The summed E-state index contributed by atoms with van der Waals surface area (Å²) in [5, 5.41) is 14.4. The van der Waals surface area contributed by atoms with Crippen LogP contribution < -0.4 is 10.6 Å². The van der Waals surface area contributed by atoms with Gasteiger partial charge in [0.25, 0.3) is 0 Å². The van der Waals surface area contributed by atoms with E-state index in [0.717, 1.165) is 21.3 Å². The Bertz CT molecular complexity index is 794. The fraction of sp³-hybridized carbons (Fsp3) is 0.125. The van der Waals surface area contributed by atoms with E-state index in [1.807, 2.05) is 37.3 Å². The van der Waals surface area contributed by atoms with Gasteiger partial charge in [0.05, 0.1) is 6.20 Å². The third kappa shape index (κ3) is 4.23. The SMILES string of the molecule is Cc1cc(Br)ccc1Nc1cnnc(NCc2cccnc2)n1. The van der Waals surface area contributed by atoms with Gasteiger partial charge in [0.2, 0.25) is 5.95 Å². The third-order valence-corrected chi connectivity index (χ3v) is 3.68. The van der Waals surface area contributed by atoms with E-state index in [1.165, 1.54) is 0 Å². The molecule has 0 saturated carbocycles. The molecular formula is C16H15BrN6. The quantitative estimate of drug-likeness (QED) is 0.713. The molecule has 2 aromatic heterocycles. The number of aryl methyl sites for hydroxylation is 1. The van der Waals surface area contributed by atoms with Gasteiger partial charge in [0, 0.05) is 29.1 Å². The van der Waals surface area contributed by atoms with Crippen LogP contribution in [-0.4, -0.2) is 20.2 Å². The maximum atomic E-state index is 4.42. The Morgan fingerprint density at radius 1 is 1.17 bits per heavy atom. The number of pyridine rings is 1. The van der Waals surface area contributed by atoms with E-state index in [2.05, 4.69) is 46.7 Å². The number of nitrogens with zero attached hydrogens (tertiary/aromatic N) is 4. The van der Waals surface area contributed by atoms with Gasteiger partial charge in [-0.3, -0.25) is 4.98 Å². The Balaban J connectivity index is 1.69. The van der Waals surface area contributed by atoms with Crippen molar-refractivity contribution >= 4 is 33.4 Å². The van der Waals surface area contributed by atoms with Gasteiger partial charge in [0.15, 0.2) is 5.82 Å². The summed E-state index contributed by atoms with van der Waals surface area (Å²) in [7, 11) is 0. The maximum Gasteiger partial charge on any atom is 0.244 e. The number of anilines is 3. The van der Waals surface area contributed by atoms with Crippen molar-refractivity contribution < 1.29 is 0 Å². The average Bonchev–Trinajstić information content (AvgIpc) is 2.57. The second-order valence-electron chi connectivity index (χ2n) is 4.96. The van der Waals surface area contributed by atoms with Crippen LogP contribution in [0.5, 0.6) is 0 Å². The molecule has 1 aromatic carbocycles. The molecule has 2 heterocycles. The molecule has 7 heteroatoms. The van der Waals surface area contributed by atoms with Gasteiger partial charge >= 0.3 is 0 Å². The number of rotatable bonds is 5. The zero-order chi connectivity index (χ0) is 16.1. The summed E-state index contributed by atoms with van der Waals surface area (Å²) in [6, 6.07) is 9.89. The van der Waals surface area contributed by atoms with Crippen LogP contribution >= 0.6 is 15.9 Å². The van der Waals surface area contributed by atoms with Crippen molar-refractivity contribution in [1.29, 1.82) is 0 Å². The largest absolute Gasteiger partial charge is 0.349 e. The number of hydrogen-bond acceptors (Lipinski definition) is 6. The van der Waals surface area contributed by atoms with Gasteiger partial charge in [-0.05, 0) is 42.3 Å². The molecule has 23 heavy (non-hydrogen) atoms. The number of hydrogen-bond donors (Lipinski definition) is 2. The second-order valence-corrected chi connectivity index (χ2v) is 5.88. The van der Waals surface area contributed by atoms with E-state index in [4.69, 9.17) is 0 Å². The Morgan fingerprint density at radius 2 is 2.09 bits per heavy atom. The van der Waals surface area contributed by atoms with Gasteiger partial charge < -0.3 is 10.6 Å². The second kappa shape index (κ2) is 7.15. The van der Waals surface area contributed by atoms with Crippen molar-refractivity contribution in [3.05, 3.63) is 64.5 Å². The fourth-order valence-electron chi connectivity index (χ4n) is 2.03. The van der Waals surface area contributed by atoms with Crippen LogP contribution in [0.25, 0.3) is 0 Å². The van der Waals surface area contributed by atoms with Crippen LogP contribution in [0.15, 0.2) is 53.4 Å². The average molecular weight is 371 g/mol. The lowest BCUT2D eigenvalue weighted by Crippen LogP contribution is -2.06. The zero-order valence-electron chi connectivity index (χ0n) is 12.5. The molecular weight excluding hydrogens is 356 g/mol. The highest BCUT2D eigenvalue weighted by Gasteiger charge is 2.04. The number of benzene rings is 1. The minimum Gasteiger partial charge on any atom is -0.349 e. The topological polar surface area (TPSA) is 75.6 Å². The predicted molar refractivity (Wildman–Crippen MR) is 93.6 cm³/mol. The highest BCUT2D eigenvalue weighted by Crippen LogP contribution is 2.22. The predicted octanol–water partition coefficient (Wildman–Crippen LogP) is 3.69. The van der Waals surface area contributed by atoms with Crippen LogP contribution in [0, 0.1) is 6.92 Å². The zero-order valence-corrected chi connectivity index (χ0v) is 14.1. The number of aromatic nitrogens is 4. The Labute approximate surface area is 142 Å². The standard InChI is InChI=1S/C16H15BrN6/c1-11-7-13(17)4-5-14(11)21-15-10-20-23-16(22-15)19-9-12-3-2-6-18-8-12/h2-8,10H,9H2,1H3,(H2,19,21,22,23). The maximum absolute atomic E-state index is 4.42. The van der Waals surface area contributed by atoms with E-state index in [9.17, 15) is 0 Å². The van der Waals surface area contributed by atoms with Crippen LogP contribution in [0.4, 0.5) is 17.5 Å². The van der Waals surface area contributed by atoms with Gasteiger partial charge in [-0.2, -0.15) is 10.1 Å². The molecule has 0 saturated heterocycles. The lowest BCUT2D eigenvalue weighted by Gasteiger charge is -2.10. The van der Waals surface area contributed by atoms with Crippen molar-refractivity contribution in [2.75, 3.05) is 10.6 Å². The van der Waals surface area contributed by atoms with E-state index in [1.54, 1.807) is 18.6 Å². The van der Waals surface area contributed by atoms with Crippen molar-refractivity contribution in [1.82, 2.24) is 20.2 Å². The van der Waals surface area contributed by atoms with Crippen LogP contribution in [0.3, 0.4) is 0 Å². The summed E-state index contributed by atoms with van der Waals surface area (Å²) in [6.07, 6.45) is 5.14. The van der Waals surface area contributed by atoms with Crippen molar-refractivity contribution in [2.45, 2.75) is 13.5 Å². The summed E-state index contributed by atoms with van der Waals surface area (Å²) in [5.41, 5.74) is 3.15. The molecule has 116 valence electrons. The normalized spacial score (nSPS) is 10.3. The van der Waals surface area contributed by atoms with Gasteiger partial charge in [0.1, 0.15) is 0 Å². The summed E-state index contributed by atoms with van der Waals surface area (Å²) in [4.78, 5) is 8.49. The highest BCUT2D eigenvalue weighted by atomic mass is 79.9. The molecule has 6 nitrogen and oxygen atoms in total. The summed E-state index contributed by atoms with van der Waals surface area (Å²) >= 11 is 3.46. The minimum atomic E-state index is 0.466.